The molecule has 1 aromatic rings. The Bertz CT molecular complexity index is 571. The Morgan fingerprint density at radius 1 is 1.00 bits per heavy atom. The highest BCUT2D eigenvalue weighted by atomic mass is 28.3. The van der Waals surface area contributed by atoms with Gasteiger partial charge in [-0.3, -0.25) is 4.79 Å². The SMILES string of the molecule is CC(C)(C)NC(=O)c1ccc2c(c1)[Si](C)(C)CC[Si]2(C)C. The van der Waals surface area contributed by atoms with Crippen LogP contribution in [0.25, 0.3) is 0 Å². The second-order valence-electron chi connectivity index (χ2n) is 8.73. The number of nitrogens with one attached hydrogen (secondary N) is 1. The smallest absolute Gasteiger partial charge is 0.251 e. The summed E-state index contributed by atoms with van der Waals surface area (Å²) in [7, 11) is -2.68. The number of benzene rings is 1. The molecule has 1 amide bonds. The third-order valence-corrected chi connectivity index (χ3v) is 12.1. The van der Waals surface area contributed by atoms with Crippen molar-refractivity contribution in [1.29, 1.82) is 0 Å². The van der Waals surface area contributed by atoms with E-state index in [1.165, 1.54) is 17.3 Å². The summed E-state index contributed by atoms with van der Waals surface area (Å²) in [6, 6.07) is 9.25. The number of fused-ring (bicyclic) bond motifs is 1. The summed E-state index contributed by atoms with van der Waals surface area (Å²) in [5.41, 5.74) is 0.643. The predicted molar refractivity (Wildman–Crippen MR) is 97.5 cm³/mol. The number of amides is 1. The maximum atomic E-state index is 12.4. The van der Waals surface area contributed by atoms with Crippen LogP contribution in [0.5, 0.6) is 0 Å². The molecule has 0 atom stereocenters. The Balaban J connectivity index is 2.44. The van der Waals surface area contributed by atoms with Crippen molar-refractivity contribution in [1.82, 2.24) is 5.32 Å². The molecule has 0 radical (unpaired) electrons. The van der Waals surface area contributed by atoms with Crippen LogP contribution < -0.4 is 15.7 Å². The molecule has 0 aliphatic carbocycles. The van der Waals surface area contributed by atoms with Crippen LogP contribution in [0.3, 0.4) is 0 Å². The fourth-order valence-electron chi connectivity index (χ4n) is 3.14. The molecule has 0 fully saturated rings. The van der Waals surface area contributed by atoms with Gasteiger partial charge in [0, 0.05) is 11.1 Å². The van der Waals surface area contributed by atoms with Crippen molar-refractivity contribution in [2.24, 2.45) is 0 Å². The van der Waals surface area contributed by atoms with E-state index >= 15 is 0 Å². The second kappa shape index (κ2) is 5.09. The molecule has 1 heterocycles. The highest BCUT2D eigenvalue weighted by Crippen LogP contribution is 2.26. The van der Waals surface area contributed by atoms with Crippen LogP contribution in [-0.4, -0.2) is 27.6 Å². The van der Waals surface area contributed by atoms with Gasteiger partial charge in [-0.15, -0.1) is 0 Å². The van der Waals surface area contributed by atoms with Crippen LogP contribution in [-0.2, 0) is 0 Å². The highest BCUT2D eigenvalue weighted by Gasteiger charge is 2.39. The van der Waals surface area contributed by atoms with E-state index in [0.29, 0.717) is 0 Å². The number of hydrogen-bond acceptors (Lipinski definition) is 1. The maximum Gasteiger partial charge on any atom is 0.251 e. The van der Waals surface area contributed by atoms with Crippen molar-refractivity contribution < 1.29 is 4.79 Å². The van der Waals surface area contributed by atoms with Gasteiger partial charge in [-0.25, -0.2) is 0 Å². The summed E-state index contributed by atoms with van der Waals surface area (Å²) in [4.78, 5) is 12.4. The van der Waals surface area contributed by atoms with Gasteiger partial charge in [0.25, 0.3) is 5.91 Å². The summed E-state index contributed by atoms with van der Waals surface area (Å²) in [6.07, 6.45) is 0. The zero-order valence-corrected chi connectivity index (χ0v) is 16.6. The number of rotatable bonds is 1. The quantitative estimate of drug-likeness (QED) is 0.792. The Morgan fingerprint density at radius 2 is 1.52 bits per heavy atom. The minimum Gasteiger partial charge on any atom is -0.347 e. The summed E-state index contributed by atoms with van der Waals surface area (Å²) in [5.74, 6) is 0.0557. The molecule has 1 aromatic carbocycles. The number of carbonyl (C=O) groups excluding carboxylic acids is 1. The molecule has 0 spiro atoms. The van der Waals surface area contributed by atoms with Gasteiger partial charge in [0.05, 0.1) is 16.1 Å². The Kier molecular flexibility index (Phi) is 4.00. The lowest BCUT2D eigenvalue weighted by Gasteiger charge is -2.39. The largest absolute Gasteiger partial charge is 0.347 e. The van der Waals surface area contributed by atoms with E-state index in [1.807, 2.05) is 26.8 Å². The molecule has 1 N–H and O–H groups in total. The van der Waals surface area contributed by atoms with Crippen LogP contribution in [0.15, 0.2) is 18.2 Å². The fourth-order valence-corrected chi connectivity index (χ4v) is 13.4. The monoisotopic (exact) mass is 319 g/mol. The van der Waals surface area contributed by atoms with Crippen molar-refractivity contribution in [2.75, 3.05) is 0 Å². The van der Waals surface area contributed by atoms with Crippen molar-refractivity contribution in [2.45, 2.75) is 64.6 Å². The molecule has 2 nitrogen and oxygen atoms in total. The normalized spacial score (nSPS) is 19.8. The van der Waals surface area contributed by atoms with E-state index < -0.39 is 16.1 Å². The van der Waals surface area contributed by atoms with Crippen molar-refractivity contribution >= 4 is 32.4 Å². The zero-order chi connectivity index (χ0) is 16.1. The molecule has 0 aromatic heterocycles. The first-order valence-corrected chi connectivity index (χ1v) is 14.3. The van der Waals surface area contributed by atoms with E-state index in [9.17, 15) is 4.79 Å². The van der Waals surface area contributed by atoms with Gasteiger partial charge < -0.3 is 5.32 Å². The molecule has 0 saturated carbocycles. The first-order valence-electron chi connectivity index (χ1n) is 7.90. The van der Waals surface area contributed by atoms with Gasteiger partial charge >= 0.3 is 0 Å². The van der Waals surface area contributed by atoms with Crippen LogP contribution in [0.1, 0.15) is 31.1 Å². The third-order valence-electron chi connectivity index (χ3n) is 4.60. The minimum atomic E-state index is -1.38. The second-order valence-corrected chi connectivity index (χ2v) is 18.3. The van der Waals surface area contributed by atoms with Crippen molar-refractivity contribution in [3.05, 3.63) is 23.8 Å². The topological polar surface area (TPSA) is 29.1 Å². The molecule has 0 bridgehead atoms. The Hall–Kier alpha value is -0.876. The van der Waals surface area contributed by atoms with Gasteiger partial charge in [-0.1, -0.05) is 60.8 Å². The van der Waals surface area contributed by atoms with Gasteiger partial charge in [-0.05, 0) is 26.8 Å². The van der Waals surface area contributed by atoms with Crippen molar-refractivity contribution in [3.8, 4) is 0 Å². The maximum absolute atomic E-state index is 12.4. The van der Waals surface area contributed by atoms with Crippen LogP contribution in [0.2, 0.25) is 38.3 Å². The number of carbonyl (C=O) groups is 1. The average Bonchev–Trinajstić information content (AvgIpc) is 2.33. The molecular formula is C17H29NOSi2. The molecule has 0 saturated heterocycles. The average molecular weight is 320 g/mol. The minimum absolute atomic E-state index is 0.0557. The lowest BCUT2D eigenvalue weighted by molar-refractivity contribution is 0.0919. The van der Waals surface area contributed by atoms with E-state index in [2.05, 4.69) is 43.6 Å². The van der Waals surface area contributed by atoms with Gasteiger partial charge in [0.15, 0.2) is 0 Å². The summed E-state index contributed by atoms with van der Waals surface area (Å²) in [5, 5.41) is 6.21. The Morgan fingerprint density at radius 3 is 2.05 bits per heavy atom. The van der Waals surface area contributed by atoms with Crippen LogP contribution >= 0.6 is 0 Å². The molecule has 1 aliphatic heterocycles. The molecule has 116 valence electrons. The third kappa shape index (κ3) is 3.48. The molecule has 1 aliphatic rings. The molecular weight excluding hydrogens is 290 g/mol. The highest BCUT2D eigenvalue weighted by molar-refractivity contribution is 7.03. The molecule has 21 heavy (non-hydrogen) atoms. The van der Waals surface area contributed by atoms with Gasteiger partial charge in [-0.2, -0.15) is 0 Å². The summed E-state index contributed by atoms with van der Waals surface area (Å²) in [6.45, 7) is 15.9. The van der Waals surface area contributed by atoms with Crippen LogP contribution in [0.4, 0.5) is 0 Å². The zero-order valence-electron chi connectivity index (χ0n) is 14.6. The van der Waals surface area contributed by atoms with E-state index in [1.54, 1.807) is 5.19 Å². The molecule has 0 unspecified atom stereocenters. The molecule has 2 rings (SSSR count). The van der Waals surface area contributed by atoms with Crippen molar-refractivity contribution in [3.63, 3.8) is 0 Å². The van der Waals surface area contributed by atoms with Gasteiger partial charge in [0.1, 0.15) is 0 Å². The van der Waals surface area contributed by atoms with E-state index in [4.69, 9.17) is 0 Å². The number of hydrogen-bond donors (Lipinski definition) is 1. The first kappa shape index (κ1) is 16.5. The fraction of sp³-hybridized carbons (Fsp3) is 0.588. The van der Waals surface area contributed by atoms with E-state index in [-0.39, 0.29) is 11.4 Å². The van der Waals surface area contributed by atoms with Gasteiger partial charge in [0.2, 0.25) is 0 Å². The predicted octanol–water partition coefficient (Wildman–Crippen LogP) is 3.06. The Labute approximate surface area is 131 Å². The summed E-state index contributed by atoms with van der Waals surface area (Å²) < 4.78 is 0. The molecule has 4 heteroatoms. The van der Waals surface area contributed by atoms with E-state index in [0.717, 1.165) is 5.56 Å². The lowest BCUT2D eigenvalue weighted by atomic mass is 10.1. The summed E-state index contributed by atoms with van der Waals surface area (Å²) >= 11 is 0. The lowest BCUT2D eigenvalue weighted by Crippen LogP contribution is -2.63. The van der Waals surface area contributed by atoms with Crippen LogP contribution in [0, 0.1) is 0 Å². The standard InChI is InChI=1S/C17H29NOSi2/c1-17(2,3)18-16(19)13-8-9-14-15(12-13)21(6,7)11-10-20(14,4)5/h8-9,12H,10-11H2,1-7H3,(H,18,19). The first-order chi connectivity index (χ1) is 9.42.